The van der Waals surface area contributed by atoms with E-state index >= 15 is 0 Å². The Bertz CT molecular complexity index is 917. The zero-order chi connectivity index (χ0) is 19.1. The predicted molar refractivity (Wildman–Crippen MR) is 101 cm³/mol. The van der Waals surface area contributed by atoms with Crippen LogP contribution in [0, 0.1) is 12.7 Å². The van der Waals surface area contributed by atoms with Crippen molar-refractivity contribution in [3.05, 3.63) is 83.2 Å². The number of pyridine rings is 1. The van der Waals surface area contributed by atoms with Gasteiger partial charge in [-0.25, -0.2) is 14.4 Å². The molecule has 3 aromatic rings. The minimum Gasteiger partial charge on any atom is -0.350 e. The Morgan fingerprint density at radius 2 is 1.93 bits per heavy atom. The smallest absolute Gasteiger partial charge is 0.270 e. The largest absolute Gasteiger partial charge is 0.350 e. The van der Waals surface area contributed by atoms with Crippen molar-refractivity contribution >= 4 is 11.9 Å². The Balaban J connectivity index is 1.59. The summed E-state index contributed by atoms with van der Waals surface area (Å²) < 4.78 is 13.6. The van der Waals surface area contributed by atoms with E-state index in [-0.39, 0.29) is 17.4 Å². The van der Waals surface area contributed by atoms with Crippen molar-refractivity contribution < 1.29 is 9.18 Å². The second kappa shape index (κ2) is 8.84. The number of carbonyl (C=O) groups excluding carboxylic acids is 1. The molecule has 0 unspecified atom stereocenters. The van der Waals surface area contributed by atoms with Gasteiger partial charge in [0.15, 0.2) is 0 Å². The summed E-state index contributed by atoms with van der Waals surface area (Å²) in [5.41, 5.74) is 2.35. The zero-order valence-electron chi connectivity index (χ0n) is 14.9. The molecular weight excluding hydrogens is 345 g/mol. The van der Waals surface area contributed by atoms with Gasteiger partial charge in [-0.3, -0.25) is 9.78 Å². The molecule has 0 radical (unpaired) electrons. The van der Waals surface area contributed by atoms with Crippen molar-refractivity contribution in [2.45, 2.75) is 19.9 Å². The van der Waals surface area contributed by atoms with Crippen LogP contribution in [-0.4, -0.2) is 27.4 Å². The van der Waals surface area contributed by atoms with E-state index in [9.17, 15) is 9.18 Å². The Morgan fingerprint density at radius 3 is 2.70 bits per heavy atom. The topological polar surface area (TPSA) is 79.8 Å². The summed E-state index contributed by atoms with van der Waals surface area (Å²) in [5, 5.41) is 5.84. The molecule has 7 heteroatoms. The highest BCUT2D eigenvalue weighted by molar-refractivity contribution is 5.92. The summed E-state index contributed by atoms with van der Waals surface area (Å²) in [4.78, 5) is 25.1. The van der Waals surface area contributed by atoms with Crippen LogP contribution in [0.3, 0.4) is 0 Å². The SMILES string of the molecule is Cc1cc(C(=O)NCCc2ccccc2F)nc(NCc2ccccn2)n1. The van der Waals surface area contributed by atoms with Gasteiger partial charge in [0.2, 0.25) is 5.95 Å². The van der Waals surface area contributed by atoms with Crippen LogP contribution in [0.5, 0.6) is 0 Å². The molecule has 0 aliphatic carbocycles. The molecule has 27 heavy (non-hydrogen) atoms. The zero-order valence-corrected chi connectivity index (χ0v) is 14.9. The van der Waals surface area contributed by atoms with Crippen LogP contribution >= 0.6 is 0 Å². The Kier molecular flexibility index (Phi) is 6.04. The summed E-state index contributed by atoms with van der Waals surface area (Å²) in [7, 11) is 0. The van der Waals surface area contributed by atoms with Gasteiger partial charge >= 0.3 is 0 Å². The number of benzene rings is 1. The van der Waals surface area contributed by atoms with Gasteiger partial charge < -0.3 is 10.6 Å². The van der Waals surface area contributed by atoms with E-state index in [4.69, 9.17) is 0 Å². The molecule has 0 atom stereocenters. The van der Waals surface area contributed by atoms with Crippen molar-refractivity contribution in [1.29, 1.82) is 0 Å². The van der Waals surface area contributed by atoms with E-state index < -0.39 is 0 Å². The number of hydrogen-bond acceptors (Lipinski definition) is 5. The van der Waals surface area contributed by atoms with Crippen molar-refractivity contribution in [3.63, 3.8) is 0 Å². The average Bonchev–Trinajstić information content (AvgIpc) is 2.68. The number of amides is 1. The monoisotopic (exact) mass is 365 g/mol. The van der Waals surface area contributed by atoms with E-state index in [0.717, 1.165) is 5.69 Å². The number of anilines is 1. The standard InChI is InChI=1S/C20H20FN5O/c1-14-12-18(19(27)23-11-9-15-6-2-3-8-17(15)21)26-20(25-14)24-13-16-7-4-5-10-22-16/h2-8,10,12H,9,11,13H2,1H3,(H,23,27)(H,24,25,26). The first-order valence-corrected chi connectivity index (χ1v) is 8.63. The molecule has 3 rings (SSSR count). The molecule has 138 valence electrons. The third kappa shape index (κ3) is 5.31. The van der Waals surface area contributed by atoms with Crippen LogP contribution in [0.4, 0.5) is 10.3 Å². The third-order valence-electron chi connectivity index (χ3n) is 3.88. The lowest BCUT2D eigenvalue weighted by molar-refractivity contribution is 0.0949. The summed E-state index contributed by atoms with van der Waals surface area (Å²) in [5.74, 6) is -0.233. The second-order valence-corrected chi connectivity index (χ2v) is 5.99. The van der Waals surface area contributed by atoms with Crippen LogP contribution < -0.4 is 10.6 Å². The van der Waals surface area contributed by atoms with Gasteiger partial charge in [-0.2, -0.15) is 0 Å². The van der Waals surface area contributed by atoms with Crippen molar-refractivity contribution in [3.8, 4) is 0 Å². The average molecular weight is 365 g/mol. The Morgan fingerprint density at radius 1 is 1.11 bits per heavy atom. The molecule has 0 aliphatic heterocycles. The quantitative estimate of drug-likeness (QED) is 0.673. The number of hydrogen-bond donors (Lipinski definition) is 2. The molecule has 1 amide bonds. The molecule has 1 aromatic carbocycles. The fraction of sp³-hybridized carbons (Fsp3) is 0.200. The third-order valence-corrected chi connectivity index (χ3v) is 3.88. The van der Waals surface area contributed by atoms with Crippen LogP contribution in [0.2, 0.25) is 0 Å². The number of aryl methyl sites for hydroxylation is 1. The molecule has 0 saturated heterocycles. The van der Waals surface area contributed by atoms with Crippen molar-refractivity contribution in [2.24, 2.45) is 0 Å². The molecule has 2 heterocycles. The highest BCUT2D eigenvalue weighted by Gasteiger charge is 2.11. The first kappa shape index (κ1) is 18.4. The lowest BCUT2D eigenvalue weighted by Crippen LogP contribution is -2.27. The van der Waals surface area contributed by atoms with Crippen molar-refractivity contribution in [2.75, 3.05) is 11.9 Å². The second-order valence-electron chi connectivity index (χ2n) is 5.99. The highest BCUT2D eigenvalue weighted by atomic mass is 19.1. The molecule has 2 N–H and O–H groups in total. The van der Waals surface area contributed by atoms with E-state index in [1.165, 1.54) is 6.07 Å². The number of carbonyl (C=O) groups is 1. The van der Waals surface area contributed by atoms with E-state index in [2.05, 4.69) is 25.6 Å². The van der Waals surface area contributed by atoms with Gasteiger partial charge in [-0.05, 0) is 43.2 Å². The Hall–Kier alpha value is -3.35. The van der Waals surface area contributed by atoms with E-state index in [0.29, 0.717) is 36.7 Å². The van der Waals surface area contributed by atoms with E-state index in [1.807, 2.05) is 18.2 Å². The van der Waals surface area contributed by atoms with Gasteiger partial charge in [0, 0.05) is 18.4 Å². The molecule has 0 fully saturated rings. The molecule has 6 nitrogen and oxygen atoms in total. The van der Waals surface area contributed by atoms with Crippen LogP contribution in [0.1, 0.15) is 27.4 Å². The number of nitrogens with zero attached hydrogens (tertiary/aromatic N) is 3. The lowest BCUT2D eigenvalue weighted by atomic mass is 10.1. The lowest BCUT2D eigenvalue weighted by Gasteiger charge is -2.09. The molecular formula is C20H20FN5O. The maximum Gasteiger partial charge on any atom is 0.270 e. The van der Waals surface area contributed by atoms with Crippen molar-refractivity contribution in [1.82, 2.24) is 20.3 Å². The maximum absolute atomic E-state index is 13.6. The van der Waals surface area contributed by atoms with Gasteiger partial charge in [0.25, 0.3) is 5.91 Å². The predicted octanol–water partition coefficient (Wildman–Crippen LogP) is 2.90. The fourth-order valence-electron chi connectivity index (χ4n) is 2.54. The van der Waals surface area contributed by atoms with Crippen LogP contribution in [0.25, 0.3) is 0 Å². The van der Waals surface area contributed by atoms with E-state index in [1.54, 1.807) is 37.4 Å². The number of aromatic nitrogens is 3. The van der Waals surface area contributed by atoms with Gasteiger partial charge in [0.1, 0.15) is 11.5 Å². The molecule has 2 aromatic heterocycles. The minimum absolute atomic E-state index is 0.263. The number of nitrogens with one attached hydrogen (secondary N) is 2. The number of halogens is 1. The molecule has 0 bridgehead atoms. The summed E-state index contributed by atoms with van der Waals surface area (Å²) >= 11 is 0. The maximum atomic E-state index is 13.6. The first-order chi connectivity index (χ1) is 13.1. The summed E-state index contributed by atoms with van der Waals surface area (Å²) in [6.07, 6.45) is 2.12. The molecule has 0 aliphatic rings. The van der Waals surface area contributed by atoms with Gasteiger partial charge in [0.05, 0.1) is 12.2 Å². The fourth-order valence-corrected chi connectivity index (χ4v) is 2.54. The number of rotatable bonds is 7. The Labute approximate surface area is 156 Å². The normalized spacial score (nSPS) is 10.4. The molecule has 0 spiro atoms. The van der Waals surface area contributed by atoms with Gasteiger partial charge in [-0.1, -0.05) is 24.3 Å². The minimum atomic E-state index is -0.322. The van der Waals surface area contributed by atoms with Crippen LogP contribution in [0.15, 0.2) is 54.7 Å². The highest BCUT2D eigenvalue weighted by Crippen LogP contribution is 2.08. The van der Waals surface area contributed by atoms with Gasteiger partial charge in [-0.15, -0.1) is 0 Å². The first-order valence-electron chi connectivity index (χ1n) is 8.63. The molecule has 0 saturated carbocycles. The van der Waals surface area contributed by atoms with Crippen LogP contribution in [-0.2, 0) is 13.0 Å². The summed E-state index contributed by atoms with van der Waals surface area (Å²) in [6.45, 7) is 2.57. The summed E-state index contributed by atoms with van der Waals surface area (Å²) in [6, 6.07) is 13.8.